The number of fused-ring (bicyclic) bond motifs is 1. The van der Waals surface area contributed by atoms with E-state index >= 15 is 0 Å². The van der Waals surface area contributed by atoms with Crippen molar-refractivity contribution in [3.63, 3.8) is 0 Å². The summed E-state index contributed by atoms with van der Waals surface area (Å²) in [6.07, 6.45) is 3.78. The summed E-state index contributed by atoms with van der Waals surface area (Å²) in [5.74, 6) is -0.997. The zero-order valence-electron chi connectivity index (χ0n) is 8.80. The minimum Gasteiger partial charge on any atom is -0.478 e. The highest BCUT2D eigenvalue weighted by Gasteiger charge is 2.17. The fourth-order valence-corrected chi connectivity index (χ4v) is 2.71. The number of halogens is 1. The molecule has 1 heterocycles. The Morgan fingerprint density at radius 1 is 1.56 bits per heavy atom. The van der Waals surface area contributed by atoms with E-state index in [9.17, 15) is 4.79 Å². The fraction of sp³-hybridized carbons (Fsp3) is 0.182. The zero-order chi connectivity index (χ0) is 11.9. The van der Waals surface area contributed by atoms with E-state index in [1.165, 1.54) is 11.8 Å². The van der Waals surface area contributed by atoms with Gasteiger partial charge in [-0.25, -0.2) is 4.79 Å². The Morgan fingerprint density at radius 2 is 2.25 bits per heavy atom. The summed E-state index contributed by atoms with van der Waals surface area (Å²) in [6, 6.07) is 1.59. The summed E-state index contributed by atoms with van der Waals surface area (Å²) < 4.78 is 0. The van der Waals surface area contributed by atoms with Crippen LogP contribution in [0.4, 0.5) is 0 Å². The van der Waals surface area contributed by atoms with Crippen LogP contribution in [0.25, 0.3) is 10.9 Å². The predicted octanol–water partition coefficient (Wildman–Crippen LogP) is 3.55. The zero-order valence-corrected chi connectivity index (χ0v) is 10.4. The molecule has 84 valence electrons. The molecule has 0 aliphatic rings. The van der Waals surface area contributed by atoms with Crippen LogP contribution < -0.4 is 0 Å². The maximum atomic E-state index is 11.0. The summed E-state index contributed by atoms with van der Waals surface area (Å²) in [5.41, 5.74) is 1.94. The molecular formula is C11H10ClNO2S. The number of carboxylic acids is 1. The van der Waals surface area contributed by atoms with E-state index in [1.807, 2.05) is 19.4 Å². The minimum absolute atomic E-state index is 0.154. The molecule has 0 aliphatic heterocycles. The van der Waals surface area contributed by atoms with Gasteiger partial charge in [-0.1, -0.05) is 11.6 Å². The maximum Gasteiger partial charge on any atom is 0.337 e. The van der Waals surface area contributed by atoms with Crippen LogP contribution in [0.2, 0.25) is 5.02 Å². The van der Waals surface area contributed by atoms with Crippen molar-refractivity contribution in [2.45, 2.75) is 11.8 Å². The highest BCUT2D eigenvalue weighted by molar-refractivity contribution is 7.98. The quantitative estimate of drug-likeness (QED) is 0.807. The molecule has 0 fully saturated rings. The lowest BCUT2D eigenvalue weighted by molar-refractivity contribution is 0.0697. The molecule has 0 saturated heterocycles. The Kier molecular flexibility index (Phi) is 2.86. The van der Waals surface area contributed by atoms with Crippen LogP contribution in [0.15, 0.2) is 17.2 Å². The van der Waals surface area contributed by atoms with Crippen molar-refractivity contribution in [1.29, 1.82) is 0 Å². The number of hydrogen-bond donors (Lipinski definition) is 2. The van der Waals surface area contributed by atoms with Gasteiger partial charge in [-0.3, -0.25) is 0 Å². The van der Waals surface area contributed by atoms with Gasteiger partial charge in [-0.05, 0) is 24.8 Å². The standard InChI is InChI=1S/C11H10ClNO2S/c1-5-3-6(11(14)15)9(12)8-7(16-2)4-13-10(5)8/h3-4,13H,1-2H3,(H,14,15). The molecule has 0 aliphatic carbocycles. The maximum absolute atomic E-state index is 11.0. The Bertz CT molecular complexity index is 577. The Morgan fingerprint density at radius 3 is 2.81 bits per heavy atom. The molecule has 0 amide bonds. The Balaban J connectivity index is 2.89. The van der Waals surface area contributed by atoms with Gasteiger partial charge >= 0.3 is 5.97 Å². The van der Waals surface area contributed by atoms with Gasteiger partial charge in [0.15, 0.2) is 0 Å². The van der Waals surface area contributed by atoms with E-state index in [-0.39, 0.29) is 5.56 Å². The van der Waals surface area contributed by atoms with Gasteiger partial charge < -0.3 is 10.1 Å². The van der Waals surface area contributed by atoms with E-state index in [0.717, 1.165) is 21.4 Å². The second-order valence-corrected chi connectivity index (χ2v) is 4.69. The van der Waals surface area contributed by atoms with Crippen LogP contribution in [0.1, 0.15) is 15.9 Å². The molecule has 0 radical (unpaired) electrons. The van der Waals surface area contributed by atoms with Gasteiger partial charge in [0.2, 0.25) is 0 Å². The molecule has 2 aromatic rings. The molecule has 1 aromatic carbocycles. The third-order valence-corrected chi connectivity index (χ3v) is 3.66. The number of rotatable bonds is 2. The van der Waals surface area contributed by atoms with Gasteiger partial charge in [-0.15, -0.1) is 11.8 Å². The average molecular weight is 256 g/mol. The number of thioether (sulfide) groups is 1. The summed E-state index contributed by atoms with van der Waals surface area (Å²) >= 11 is 7.66. The second kappa shape index (κ2) is 4.03. The lowest BCUT2D eigenvalue weighted by Crippen LogP contribution is -1.98. The first-order valence-electron chi connectivity index (χ1n) is 4.63. The number of H-pyrrole nitrogens is 1. The van der Waals surface area contributed by atoms with Crippen molar-refractivity contribution in [2.24, 2.45) is 0 Å². The van der Waals surface area contributed by atoms with Crippen LogP contribution in [0, 0.1) is 6.92 Å². The van der Waals surface area contributed by atoms with Crippen LogP contribution in [-0.4, -0.2) is 22.3 Å². The molecule has 16 heavy (non-hydrogen) atoms. The normalized spacial score (nSPS) is 10.9. The third kappa shape index (κ3) is 1.58. The molecule has 0 atom stereocenters. The molecule has 2 rings (SSSR count). The highest BCUT2D eigenvalue weighted by atomic mass is 35.5. The molecule has 0 bridgehead atoms. The topological polar surface area (TPSA) is 53.1 Å². The summed E-state index contributed by atoms with van der Waals surface area (Å²) in [4.78, 5) is 15.1. The number of aromatic nitrogens is 1. The van der Waals surface area contributed by atoms with Crippen molar-refractivity contribution in [3.8, 4) is 0 Å². The van der Waals surface area contributed by atoms with E-state index in [4.69, 9.17) is 16.7 Å². The lowest BCUT2D eigenvalue weighted by atomic mass is 10.1. The smallest absolute Gasteiger partial charge is 0.337 e. The molecule has 5 heteroatoms. The number of hydrogen-bond acceptors (Lipinski definition) is 2. The van der Waals surface area contributed by atoms with Crippen molar-refractivity contribution < 1.29 is 9.90 Å². The average Bonchev–Trinajstić information content (AvgIpc) is 2.67. The first-order valence-corrected chi connectivity index (χ1v) is 6.24. The Hall–Kier alpha value is -1.13. The van der Waals surface area contributed by atoms with E-state index in [1.54, 1.807) is 6.07 Å². The van der Waals surface area contributed by atoms with Crippen LogP contribution in [0.3, 0.4) is 0 Å². The van der Waals surface area contributed by atoms with E-state index < -0.39 is 5.97 Å². The molecule has 3 nitrogen and oxygen atoms in total. The number of aromatic amines is 1. The molecule has 1 aromatic heterocycles. The molecular weight excluding hydrogens is 246 g/mol. The summed E-state index contributed by atoms with van der Waals surface area (Å²) in [7, 11) is 0. The lowest BCUT2D eigenvalue weighted by Gasteiger charge is -2.05. The number of carboxylic acid groups (broad SMARTS) is 1. The van der Waals surface area contributed by atoms with Crippen molar-refractivity contribution in [2.75, 3.05) is 6.26 Å². The number of nitrogens with one attached hydrogen (secondary N) is 1. The Labute approximate surface area is 102 Å². The largest absolute Gasteiger partial charge is 0.478 e. The summed E-state index contributed by atoms with van der Waals surface area (Å²) in [6.45, 7) is 1.87. The van der Waals surface area contributed by atoms with E-state index in [2.05, 4.69) is 4.98 Å². The molecule has 0 spiro atoms. The van der Waals surface area contributed by atoms with Gasteiger partial charge in [0, 0.05) is 16.5 Å². The van der Waals surface area contributed by atoms with Crippen LogP contribution in [-0.2, 0) is 0 Å². The van der Waals surface area contributed by atoms with Gasteiger partial charge in [0.25, 0.3) is 0 Å². The van der Waals surface area contributed by atoms with Crippen molar-refractivity contribution in [1.82, 2.24) is 4.98 Å². The first-order chi connectivity index (χ1) is 7.56. The number of benzene rings is 1. The molecule has 0 saturated carbocycles. The van der Waals surface area contributed by atoms with Gasteiger partial charge in [0.05, 0.1) is 16.1 Å². The molecule has 0 unspecified atom stereocenters. The third-order valence-electron chi connectivity index (χ3n) is 2.51. The van der Waals surface area contributed by atoms with Gasteiger partial charge in [-0.2, -0.15) is 0 Å². The second-order valence-electron chi connectivity index (χ2n) is 3.47. The highest BCUT2D eigenvalue weighted by Crippen LogP contribution is 2.36. The first kappa shape index (κ1) is 11.4. The predicted molar refractivity (Wildman–Crippen MR) is 66.8 cm³/mol. The van der Waals surface area contributed by atoms with Crippen molar-refractivity contribution in [3.05, 3.63) is 28.4 Å². The summed E-state index contributed by atoms with van der Waals surface area (Å²) in [5, 5.41) is 10.2. The number of carbonyl (C=O) groups is 1. The number of aryl methyl sites for hydroxylation is 1. The monoisotopic (exact) mass is 255 g/mol. The van der Waals surface area contributed by atoms with Crippen LogP contribution >= 0.6 is 23.4 Å². The van der Waals surface area contributed by atoms with Crippen LogP contribution in [0.5, 0.6) is 0 Å². The van der Waals surface area contributed by atoms with Crippen molar-refractivity contribution >= 4 is 40.2 Å². The molecule has 2 N–H and O–H groups in total. The minimum atomic E-state index is -0.997. The number of aromatic carboxylic acids is 1. The van der Waals surface area contributed by atoms with E-state index in [0.29, 0.717) is 5.02 Å². The fourth-order valence-electron chi connectivity index (χ4n) is 1.74. The van der Waals surface area contributed by atoms with Gasteiger partial charge in [0.1, 0.15) is 0 Å². The SMILES string of the molecule is CSc1c[nH]c2c(C)cc(C(=O)O)c(Cl)c12.